The van der Waals surface area contributed by atoms with Crippen LogP contribution in [0.2, 0.25) is 0 Å². The first kappa shape index (κ1) is 21.3. The van der Waals surface area contributed by atoms with Gasteiger partial charge in [-0.25, -0.2) is 9.67 Å². The molecule has 0 saturated heterocycles. The number of amides is 1. The zero-order valence-electron chi connectivity index (χ0n) is 17.9. The molecule has 0 saturated carbocycles. The Hall–Kier alpha value is -2.98. The number of thioether (sulfide) groups is 1. The van der Waals surface area contributed by atoms with E-state index in [2.05, 4.69) is 25.6 Å². The first-order chi connectivity index (χ1) is 14.8. The first-order valence-corrected chi connectivity index (χ1v) is 11.5. The summed E-state index contributed by atoms with van der Waals surface area (Å²) in [6.45, 7) is 9.70. The zero-order valence-corrected chi connectivity index (χ0v) is 19.5. The van der Waals surface area contributed by atoms with E-state index in [1.165, 1.54) is 28.7 Å². The fraction of sp³-hybridized carbons (Fsp3) is 0.286. The lowest BCUT2D eigenvalue weighted by molar-refractivity contribution is -0.113. The number of rotatable bonds is 6. The maximum absolute atomic E-state index is 12.5. The van der Waals surface area contributed by atoms with Crippen LogP contribution in [-0.4, -0.2) is 36.6 Å². The third-order valence-electron chi connectivity index (χ3n) is 4.67. The third kappa shape index (κ3) is 4.54. The highest BCUT2D eigenvalue weighted by Gasteiger charge is 2.18. The number of nitrogens with one attached hydrogen (secondary N) is 1. The number of carbonyl (C=O) groups is 1. The molecule has 0 aliphatic rings. The van der Waals surface area contributed by atoms with E-state index in [9.17, 15) is 4.79 Å². The Labute approximate surface area is 188 Å². The van der Waals surface area contributed by atoms with E-state index >= 15 is 0 Å². The molecule has 0 bridgehead atoms. The predicted molar refractivity (Wildman–Crippen MR) is 122 cm³/mol. The molecular formula is C21H22N6O2S2. The summed E-state index contributed by atoms with van der Waals surface area (Å²) in [6.07, 6.45) is 0. The van der Waals surface area contributed by atoms with Crippen LogP contribution < -0.4 is 5.32 Å². The molecule has 160 valence electrons. The molecule has 3 aromatic heterocycles. The van der Waals surface area contributed by atoms with Crippen molar-refractivity contribution in [3.05, 3.63) is 51.9 Å². The number of hydrogen-bond acceptors (Lipinski definition) is 8. The highest BCUT2D eigenvalue weighted by molar-refractivity contribution is 7.99. The van der Waals surface area contributed by atoms with Gasteiger partial charge in [0.25, 0.3) is 11.1 Å². The quantitative estimate of drug-likeness (QED) is 0.423. The lowest BCUT2D eigenvalue weighted by Crippen LogP contribution is -2.15. The van der Waals surface area contributed by atoms with Gasteiger partial charge in [-0.3, -0.25) is 4.79 Å². The smallest absolute Gasteiger partial charge is 0.277 e. The molecule has 3 heterocycles. The van der Waals surface area contributed by atoms with E-state index in [1.54, 1.807) is 0 Å². The molecule has 1 N–H and O–H groups in total. The van der Waals surface area contributed by atoms with E-state index in [1.807, 2.05) is 63.6 Å². The SMILES string of the molecule is Cc1ccc(-n2nc(C)c(NC(=O)CSc3nnc(-c4sc(C)nc4C)o3)c2C)cc1. The van der Waals surface area contributed by atoms with Gasteiger partial charge in [-0.15, -0.1) is 21.5 Å². The van der Waals surface area contributed by atoms with Gasteiger partial charge in [0.15, 0.2) is 0 Å². The van der Waals surface area contributed by atoms with Crippen LogP contribution in [0.1, 0.15) is 27.7 Å². The van der Waals surface area contributed by atoms with Gasteiger partial charge in [0.1, 0.15) is 4.88 Å². The minimum atomic E-state index is -0.163. The highest BCUT2D eigenvalue weighted by atomic mass is 32.2. The maximum Gasteiger partial charge on any atom is 0.277 e. The van der Waals surface area contributed by atoms with Crippen LogP contribution in [0.5, 0.6) is 0 Å². The molecule has 31 heavy (non-hydrogen) atoms. The van der Waals surface area contributed by atoms with Gasteiger partial charge in [0.05, 0.1) is 39.2 Å². The molecule has 0 aliphatic heterocycles. The fourth-order valence-electron chi connectivity index (χ4n) is 3.15. The molecule has 0 fully saturated rings. The lowest BCUT2D eigenvalue weighted by Gasteiger charge is -2.07. The summed E-state index contributed by atoms with van der Waals surface area (Å²) in [5, 5.41) is 16.9. The molecule has 0 radical (unpaired) electrons. The Morgan fingerprint density at radius 1 is 1.10 bits per heavy atom. The normalized spacial score (nSPS) is 11.1. The standard InChI is InChI=1S/C21H22N6O2S2/c1-11-6-8-16(9-7-11)27-14(4)18(12(2)26-27)23-17(28)10-30-21-25-24-20(29-21)19-13(3)22-15(5)31-19/h6-9H,10H2,1-5H3,(H,23,28). The number of aryl methyl sites for hydroxylation is 4. The van der Waals surface area contributed by atoms with Crippen LogP contribution >= 0.6 is 23.1 Å². The number of nitrogens with zero attached hydrogens (tertiary/aromatic N) is 5. The van der Waals surface area contributed by atoms with Crippen LogP contribution in [0.3, 0.4) is 0 Å². The van der Waals surface area contributed by atoms with E-state index in [0.29, 0.717) is 16.8 Å². The van der Waals surface area contributed by atoms with Crippen LogP contribution in [0.4, 0.5) is 5.69 Å². The van der Waals surface area contributed by atoms with Crippen LogP contribution in [0.25, 0.3) is 16.5 Å². The molecule has 0 atom stereocenters. The van der Waals surface area contributed by atoms with Gasteiger partial charge in [0.2, 0.25) is 5.91 Å². The molecule has 0 aliphatic carbocycles. The van der Waals surface area contributed by atoms with Gasteiger partial charge in [0, 0.05) is 0 Å². The molecule has 4 aromatic rings. The van der Waals surface area contributed by atoms with E-state index in [-0.39, 0.29) is 11.7 Å². The van der Waals surface area contributed by atoms with Crippen molar-refractivity contribution in [3.8, 4) is 16.5 Å². The molecular weight excluding hydrogens is 432 g/mol. The number of anilines is 1. The van der Waals surface area contributed by atoms with Crippen LogP contribution in [0, 0.1) is 34.6 Å². The summed E-state index contributed by atoms with van der Waals surface area (Å²) in [4.78, 5) is 17.8. The minimum absolute atomic E-state index is 0.150. The van der Waals surface area contributed by atoms with Crippen molar-refractivity contribution in [1.82, 2.24) is 25.0 Å². The summed E-state index contributed by atoms with van der Waals surface area (Å²) in [5.41, 5.74) is 5.34. The number of thiazole rings is 1. The van der Waals surface area contributed by atoms with Crippen LogP contribution in [-0.2, 0) is 4.79 Å². The summed E-state index contributed by atoms with van der Waals surface area (Å²) < 4.78 is 7.53. The Morgan fingerprint density at radius 3 is 2.52 bits per heavy atom. The molecule has 4 rings (SSSR count). The van der Waals surface area contributed by atoms with Crippen molar-refractivity contribution in [2.75, 3.05) is 11.1 Å². The molecule has 10 heteroatoms. The second-order valence-corrected chi connectivity index (χ2v) is 9.28. The Morgan fingerprint density at radius 2 is 1.84 bits per heavy atom. The Kier molecular flexibility index (Phi) is 5.92. The molecule has 1 aromatic carbocycles. The Bertz CT molecular complexity index is 1240. The molecule has 0 spiro atoms. The van der Waals surface area contributed by atoms with Crippen molar-refractivity contribution < 1.29 is 9.21 Å². The van der Waals surface area contributed by atoms with Gasteiger partial charge < -0.3 is 9.73 Å². The lowest BCUT2D eigenvalue weighted by atomic mass is 10.2. The number of hydrogen-bond donors (Lipinski definition) is 1. The third-order valence-corrected chi connectivity index (χ3v) is 6.54. The van der Waals surface area contributed by atoms with Crippen LogP contribution in [0.15, 0.2) is 33.9 Å². The fourth-order valence-corrected chi connectivity index (χ4v) is 4.56. The predicted octanol–water partition coefficient (Wildman–Crippen LogP) is 4.65. The average molecular weight is 455 g/mol. The van der Waals surface area contributed by atoms with Gasteiger partial charge in [-0.05, 0) is 46.8 Å². The monoisotopic (exact) mass is 454 g/mol. The first-order valence-electron chi connectivity index (χ1n) is 9.65. The summed E-state index contributed by atoms with van der Waals surface area (Å²) >= 11 is 2.70. The topological polar surface area (TPSA) is 98.7 Å². The maximum atomic E-state index is 12.5. The summed E-state index contributed by atoms with van der Waals surface area (Å²) in [5.74, 6) is 0.415. The second-order valence-electron chi connectivity index (χ2n) is 7.15. The van der Waals surface area contributed by atoms with Crippen molar-refractivity contribution in [2.45, 2.75) is 39.8 Å². The molecule has 1 amide bonds. The largest absolute Gasteiger partial charge is 0.410 e. The Balaban J connectivity index is 1.42. The van der Waals surface area contributed by atoms with Crippen molar-refractivity contribution in [1.29, 1.82) is 0 Å². The van der Waals surface area contributed by atoms with Crippen molar-refractivity contribution >= 4 is 34.7 Å². The van der Waals surface area contributed by atoms with E-state index < -0.39 is 0 Å². The van der Waals surface area contributed by atoms with E-state index in [4.69, 9.17) is 4.42 Å². The van der Waals surface area contributed by atoms with Gasteiger partial charge in [-0.2, -0.15) is 5.10 Å². The van der Waals surface area contributed by atoms with Crippen molar-refractivity contribution in [3.63, 3.8) is 0 Å². The zero-order chi connectivity index (χ0) is 22.1. The van der Waals surface area contributed by atoms with Crippen molar-refractivity contribution in [2.24, 2.45) is 0 Å². The number of benzene rings is 1. The van der Waals surface area contributed by atoms with Gasteiger partial charge in [-0.1, -0.05) is 29.5 Å². The number of aromatic nitrogens is 5. The summed E-state index contributed by atoms with van der Waals surface area (Å²) in [7, 11) is 0. The second kappa shape index (κ2) is 8.64. The highest BCUT2D eigenvalue weighted by Crippen LogP contribution is 2.30. The van der Waals surface area contributed by atoms with E-state index in [0.717, 1.165) is 32.7 Å². The van der Waals surface area contributed by atoms with Gasteiger partial charge >= 0.3 is 0 Å². The summed E-state index contributed by atoms with van der Waals surface area (Å²) in [6, 6.07) is 8.09. The molecule has 8 nitrogen and oxygen atoms in total. The average Bonchev–Trinajstić information content (AvgIpc) is 3.41. The molecule has 0 unspecified atom stereocenters. The minimum Gasteiger partial charge on any atom is -0.410 e. The number of carbonyl (C=O) groups excluding carboxylic acids is 1.